The van der Waals surface area contributed by atoms with Crippen molar-refractivity contribution in [1.82, 2.24) is 15.5 Å². The van der Waals surface area contributed by atoms with E-state index in [1.165, 1.54) is 0 Å². The minimum atomic E-state index is -0.0380. The third-order valence-corrected chi connectivity index (χ3v) is 4.37. The van der Waals surface area contributed by atoms with Gasteiger partial charge >= 0.3 is 0 Å². The molecule has 0 spiro atoms. The fourth-order valence-electron chi connectivity index (χ4n) is 3.05. The van der Waals surface area contributed by atoms with Crippen LogP contribution in [-0.2, 0) is 4.74 Å². The lowest BCUT2D eigenvalue weighted by molar-refractivity contribution is 0.0243. The Hall–Kier alpha value is -0.810. The highest BCUT2D eigenvalue weighted by Gasteiger charge is 2.29. The first kappa shape index (κ1) is 19.2. The predicted octanol–water partition coefficient (Wildman–Crippen LogP) is 2.23. The molecule has 1 aliphatic rings. The molecular weight excluding hydrogens is 276 g/mol. The van der Waals surface area contributed by atoms with Gasteiger partial charge in [-0.1, -0.05) is 0 Å². The molecule has 1 heterocycles. The average molecular weight is 313 g/mol. The number of hydrogen-bond donors (Lipinski definition) is 2. The van der Waals surface area contributed by atoms with Crippen LogP contribution in [0, 0.1) is 0 Å². The summed E-state index contributed by atoms with van der Waals surface area (Å²) in [5.41, 5.74) is -0.0380. The Morgan fingerprint density at radius 2 is 1.91 bits per heavy atom. The molecule has 2 N–H and O–H groups in total. The maximum Gasteiger partial charge on any atom is 0.191 e. The van der Waals surface area contributed by atoms with Crippen LogP contribution in [-0.4, -0.2) is 61.8 Å². The highest BCUT2D eigenvalue weighted by atomic mass is 16.5. The summed E-state index contributed by atoms with van der Waals surface area (Å²) >= 11 is 0. The molecule has 0 aromatic heterocycles. The number of nitrogens with one attached hydrogen (secondary N) is 2. The molecular formula is C17H36N4O. The Morgan fingerprint density at radius 1 is 1.23 bits per heavy atom. The summed E-state index contributed by atoms with van der Waals surface area (Å²) in [4.78, 5) is 6.81. The van der Waals surface area contributed by atoms with Crippen LogP contribution in [0.2, 0.25) is 0 Å². The Kier molecular flexibility index (Phi) is 8.18. The van der Waals surface area contributed by atoms with Gasteiger partial charge in [0.15, 0.2) is 5.96 Å². The van der Waals surface area contributed by atoms with E-state index in [1.807, 2.05) is 7.05 Å². The van der Waals surface area contributed by atoms with Crippen LogP contribution in [0.15, 0.2) is 4.99 Å². The van der Waals surface area contributed by atoms with Crippen LogP contribution in [0.25, 0.3) is 0 Å². The smallest absolute Gasteiger partial charge is 0.191 e. The fraction of sp³-hybridized carbons (Fsp3) is 0.941. The van der Waals surface area contributed by atoms with Gasteiger partial charge in [0.05, 0.1) is 5.60 Å². The lowest BCUT2D eigenvalue weighted by atomic mass is 10.0. The molecule has 5 heteroatoms. The number of guanidine groups is 1. The lowest BCUT2D eigenvalue weighted by Gasteiger charge is -2.30. The van der Waals surface area contributed by atoms with Crippen molar-refractivity contribution in [2.75, 3.05) is 33.3 Å². The Morgan fingerprint density at radius 3 is 2.41 bits per heavy atom. The maximum atomic E-state index is 5.79. The Labute approximate surface area is 136 Å². The Bertz CT molecular complexity index is 328. The molecule has 1 fully saturated rings. The quantitative estimate of drug-likeness (QED) is 0.410. The molecule has 1 unspecified atom stereocenters. The van der Waals surface area contributed by atoms with Gasteiger partial charge in [-0.05, 0) is 53.9 Å². The van der Waals surface area contributed by atoms with Crippen LogP contribution < -0.4 is 10.6 Å². The van der Waals surface area contributed by atoms with Crippen LogP contribution in [0.1, 0.15) is 53.9 Å². The first-order chi connectivity index (χ1) is 10.4. The molecule has 0 radical (unpaired) electrons. The summed E-state index contributed by atoms with van der Waals surface area (Å²) in [6.07, 6.45) is 3.39. The zero-order valence-electron chi connectivity index (χ0n) is 15.4. The first-order valence-electron chi connectivity index (χ1n) is 8.72. The van der Waals surface area contributed by atoms with Gasteiger partial charge < -0.3 is 15.4 Å². The van der Waals surface area contributed by atoms with Gasteiger partial charge in [0, 0.05) is 45.4 Å². The van der Waals surface area contributed by atoms with Gasteiger partial charge in [0.1, 0.15) is 0 Å². The summed E-state index contributed by atoms with van der Waals surface area (Å²) in [7, 11) is 1.82. The van der Waals surface area contributed by atoms with Gasteiger partial charge in [-0.3, -0.25) is 9.89 Å². The van der Waals surface area contributed by atoms with Crippen molar-refractivity contribution >= 4 is 5.96 Å². The van der Waals surface area contributed by atoms with E-state index in [2.05, 4.69) is 55.1 Å². The normalized spacial score (nSPS) is 22.9. The zero-order chi connectivity index (χ0) is 16.6. The molecule has 1 saturated heterocycles. The van der Waals surface area contributed by atoms with E-state index in [9.17, 15) is 0 Å². The van der Waals surface area contributed by atoms with E-state index in [4.69, 9.17) is 4.74 Å². The number of nitrogens with zero attached hydrogens (tertiary/aromatic N) is 2. The molecule has 22 heavy (non-hydrogen) atoms. The number of aliphatic imine (C=N–C) groups is 1. The summed E-state index contributed by atoms with van der Waals surface area (Å²) < 4.78 is 5.79. The molecule has 0 saturated carbocycles. The van der Waals surface area contributed by atoms with Crippen molar-refractivity contribution in [3.63, 3.8) is 0 Å². The van der Waals surface area contributed by atoms with Crippen molar-refractivity contribution < 1.29 is 4.74 Å². The summed E-state index contributed by atoms with van der Waals surface area (Å²) in [5, 5.41) is 6.79. The van der Waals surface area contributed by atoms with E-state index < -0.39 is 0 Å². The second kappa shape index (κ2) is 9.36. The topological polar surface area (TPSA) is 48.9 Å². The molecule has 0 amide bonds. The second-order valence-electron chi connectivity index (χ2n) is 7.03. The van der Waals surface area contributed by atoms with Crippen molar-refractivity contribution in [3.8, 4) is 0 Å². The molecule has 5 nitrogen and oxygen atoms in total. The molecule has 0 bridgehead atoms. The van der Waals surface area contributed by atoms with E-state index in [1.54, 1.807) is 0 Å². The lowest BCUT2D eigenvalue weighted by Crippen LogP contribution is -2.46. The molecule has 1 rings (SSSR count). The Balaban J connectivity index is 2.24. The van der Waals surface area contributed by atoms with E-state index >= 15 is 0 Å². The molecule has 1 aliphatic heterocycles. The van der Waals surface area contributed by atoms with E-state index in [0.717, 1.165) is 51.5 Å². The highest BCUT2D eigenvalue weighted by Crippen LogP contribution is 2.23. The average Bonchev–Trinajstić information content (AvgIpc) is 2.88. The maximum absolute atomic E-state index is 5.79. The van der Waals surface area contributed by atoms with E-state index in [-0.39, 0.29) is 5.60 Å². The number of ether oxygens (including phenoxy) is 1. The number of rotatable bonds is 8. The molecule has 1 atom stereocenters. The zero-order valence-corrected chi connectivity index (χ0v) is 15.4. The minimum Gasteiger partial charge on any atom is -0.373 e. The predicted molar refractivity (Wildman–Crippen MR) is 94.6 cm³/mol. The first-order valence-corrected chi connectivity index (χ1v) is 8.72. The molecule has 0 aliphatic carbocycles. The SMILES string of the molecule is CN=C(NCCCN(C(C)C)C(C)C)NCC1(C)CCCO1. The summed E-state index contributed by atoms with van der Waals surface area (Å²) in [6.45, 7) is 15.0. The fourth-order valence-corrected chi connectivity index (χ4v) is 3.05. The monoisotopic (exact) mass is 312 g/mol. The van der Waals surface area contributed by atoms with Gasteiger partial charge in [0.2, 0.25) is 0 Å². The van der Waals surface area contributed by atoms with Crippen LogP contribution in [0.3, 0.4) is 0 Å². The standard InChI is InChI=1S/C17H36N4O/c1-14(2)21(15(3)4)11-8-10-19-16(18-6)20-13-17(5)9-7-12-22-17/h14-15H,7-13H2,1-6H3,(H2,18,19,20). The second-order valence-corrected chi connectivity index (χ2v) is 7.03. The van der Waals surface area contributed by atoms with Crippen molar-refractivity contribution in [1.29, 1.82) is 0 Å². The van der Waals surface area contributed by atoms with E-state index in [0.29, 0.717) is 12.1 Å². The molecule has 0 aromatic rings. The van der Waals surface area contributed by atoms with Crippen molar-refractivity contribution in [2.24, 2.45) is 4.99 Å². The third-order valence-electron chi connectivity index (χ3n) is 4.37. The van der Waals surface area contributed by atoms with Crippen molar-refractivity contribution in [2.45, 2.75) is 71.6 Å². The molecule has 130 valence electrons. The number of hydrogen-bond acceptors (Lipinski definition) is 3. The van der Waals surface area contributed by atoms with Gasteiger partial charge in [-0.2, -0.15) is 0 Å². The largest absolute Gasteiger partial charge is 0.373 e. The minimum absolute atomic E-state index is 0.0380. The van der Waals surface area contributed by atoms with Gasteiger partial charge in [-0.25, -0.2) is 0 Å². The summed E-state index contributed by atoms with van der Waals surface area (Å²) in [5.74, 6) is 0.873. The van der Waals surface area contributed by atoms with Crippen LogP contribution in [0.5, 0.6) is 0 Å². The van der Waals surface area contributed by atoms with Crippen LogP contribution >= 0.6 is 0 Å². The van der Waals surface area contributed by atoms with Gasteiger partial charge in [0.25, 0.3) is 0 Å². The van der Waals surface area contributed by atoms with Crippen LogP contribution in [0.4, 0.5) is 0 Å². The summed E-state index contributed by atoms with van der Waals surface area (Å²) in [6, 6.07) is 1.19. The van der Waals surface area contributed by atoms with Crippen molar-refractivity contribution in [3.05, 3.63) is 0 Å². The molecule has 0 aromatic carbocycles. The third kappa shape index (κ3) is 6.53. The van der Waals surface area contributed by atoms with Gasteiger partial charge in [-0.15, -0.1) is 0 Å². The highest BCUT2D eigenvalue weighted by molar-refractivity contribution is 5.79.